The fourth-order valence-electron chi connectivity index (χ4n) is 2.80. The number of furan rings is 1. The Balaban J connectivity index is 2.09. The Morgan fingerprint density at radius 3 is 2.68 bits per heavy atom. The molecule has 4 heteroatoms. The molecule has 19 heavy (non-hydrogen) atoms. The van der Waals surface area contributed by atoms with Crippen molar-refractivity contribution in [2.75, 3.05) is 13.1 Å². The van der Waals surface area contributed by atoms with Gasteiger partial charge >= 0.3 is 0 Å². The van der Waals surface area contributed by atoms with Gasteiger partial charge in [-0.3, -0.25) is 4.79 Å². The minimum atomic E-state index is 0.0217. The largest absolute Gasteiger partial charge is 0.456 e. The van der Waals surface area contributed by atoms with E-state index >= 15 is 0 Å². The van der Waals surface area contributed by atoms with Gasteiger partial charge in [-0.05, 0) is 44.9 Å². The molecule has 2 N–H and O–H groups in total. The predicted molar refractivity (Wildman–Crippen MR) is 75.0 cm³/mol. The van der Waals surface area contributed by atoms with E-state index in [-0.39, 0.29) is 5.91 Å². The molecule has 1 amide bonds. The minimum Gasteiger partial charge on any atom is -0.456 e. The zero-order chi connectivity index (χ0) is 13.7. The van der Waals surface area contributed by atoms with Crippen molar-refractivity contribution in [2.24, 2.45) is 5.73 Å². The zero-order valence-electron chi connectivity index (χ0n) is 11.7. The van der Waals surface area contributed by atoms with Crippen molar-refractivity contribution in [1.29, 1.82) is 0 Å². The summed E-state index contributed by atoms with van der Waals surface area (Å²) in [6, 6.07) is 3.98. The molecule has 0 spiro atoms. The third-order valence-electron chi connectivity index (χ3n) is 3.83. The normalized spacial score (nSPS) is 16.5. The van der Waals surface area contributed by atoms with E-state index in [1.54, 1.807) is 6.07 Å². The highest BCUT2D eigenvalue weighted by atomic mass is 16.3. The summed E-state index contributed by atoms with van der Waals surface area (Å²) in [6.45, 7) is 3.22. The topological polar surface area (TPSA) is 59.5 Å². The molecule has 0 aliphatic heterocycles. The lowest BCUT2D eigenvalue weighted by atomic mass is 9.94. The van der Waals surface area contributed by atoms with E-state index in [1.165, 1.54) is 19.3 Å². The van der Waals surface area contributed by atoms with Crippen LogP contribution in [-0.2, 0) is 0 Å². The number of carbonyl (C=O) groups is 1. The second kappa shape index (κ2) is 6.75. The maximum absolute atomic E-state index is 12.6. The van der Waals surface area contributed by atoms with Crippen LogP contribution in [0, 0.1) is 6.92 Å². The van der Waals surface area contributed by atoms with Crippen LogP contribution in [-0.4, -0.2) is 29.9 Å². The number of rotatable bonds is 5. The zero-order valence-corrected chi connectivity index (χ0v) is 11.7. The van der Waals surface area contributed by atoms with Gasteiger partial charge in [-0.1, -0.05) is 19.3 Å². The standard InChI is InChI=1S/C15H24N2O2/c1-12-8-9-14(19-12)15(18)17(11-5-10-16)13-6-3-2-4-7-13/h8-9,13H,2-7,10-11,16H2,1H3. The first kappa shape index (κ1) is 14.1. The van der Waals surface area contributed by atoms with Gasteiger partial charge in [-0.15, -0.1) is 0 Å². The molecule has 1 heterocycles. The molecular weight excluding hydrogens is 240 g/mol. The Labute approximate surface area is 114 Å². The van der Waals surface area contributed by atoms with Gasteiger partial charge in [-0.25, -0.2) is 0 Å². The Bertz CT molecular complexity index is 408. The number of amides is 1. The summed E-state index contributed by atoms with van der Waals surface area (Å²) in [7, 11) is 0. The molecule has 1 aromatic rings. The molecule has 0 atom stereocenters. The summed E-state index contributed by atoms with van der Waals surface area (Å²) < 4.78 is 5.47. The minimum absolute atomic E-state index is 0.0217. The molecule has 106 valence electrons. The fraction of sp³-hybridized carbons (Fsp3) is 0.667. The Hall–Kier alpha value is -1.29. The number of nitrogens with zero attached hydrogens (tertiary/aromatic N) is 1. The van der Waals surface area contributed by atoms with Crippen molar-refractivity contribution < 1.29 is 9.21 Å². The SMILES string of the molecule is Cc1ccc(C(=O)N(CCCN)C2CCCCC2)o1. The van der Waals surface area contributed by atoms with Crippen LogP contribution in [0.2, 0.25) is 0 Å². The average molecular weight is 264 g/mol. The van der Waals surface area contributed by atoms with Crippen LogP contribution in [0.4, 0.5) is 0 Å². The molecular formula is C15H24N2O2. The van der Waals surface area contributed by atoms with E-state index in [9.17, 15) is 4.79 Å². The molecule has 4 nitrogen and oxygen atoms in total. The van der Waals surface area contributed by atoms with Crippen LogP contribution in [0.25, 0.3) is 0 Å². The second-order valence-corrected chi connectivity index (χ2v) is 5.34. The van der Waals surface area contributed by atoms with Crippen LogP contribution in [0.5, 0.6) is 0 Å². The van der Waals surface area contributed by atoms with Crippen LogP contribution in [0.1, 0.15) is 54.8 Å². The van der Waals surface area contributed by atoms with Gasteiger partial charge in [0.2, 0.25) is 0 Å². The van der Waals surface area contributed by atoms with Gasteiger partial charge in [0, 0.05) is 12.6 Å². The molecule has 1 aromatic heterocycles. The maximum Gasteiger partial charge on any atom is 0.289 e. The lowest BCUT2D eigenvalue weighted by Gasteiger charge is -2.33. The first-order chi connectivity index (χ1) is 9.22. The van der Waals surface area contributed by atoms with Crippen LogP contribution >= 0.6 is 0 Å². The third-order valence-corrected chi connectivity index (χ3v) is 3.83. The summed E-state index contributed by atoms with van der Waals surface area (Å²) in [6.07, 6.45) is 6.78. The summed E-state index contributed by atoms with van der Waals surface area (Å²) >= 11 is 0. The fourth-order valence-corrected chi connectivity index (χ4v) is 2.80. The number of carbonyl (C=O) groups excluding carboxylic acids is 1. The molecule has 1 aliphatic rings. The number of nitrogens with two attached hydrogens (primary N) is 1. The summed E-state index contributed by atoms with van der Waals surface area (Å²) in [5, 5.41) is 0. The lowest BCUT2D eigenvalue weighted by molar-refractivity contribution is 0.0599. The van der Waals surface area contributed by atoms with Gasteiger partial charge in [-0.2, -0.15) is 0 Å². The monoisotopic (exact) mass is 264 g/mol. The van der Waals surface area contributed by atoms with Gasteiger partial charge < -0.3 is 15.1 Å². The Morgan fingerprint density at radius 1 is 1.37 bits per heavy atom. The van der Waals surface area contributed by atoms with Gasteiger partial charge in [0.15, 0.2) is 5.76 Å². The Morgan fingerprint density at radius 2 is 2.11 bits per heavy atom. The molecule has 0 unspecified atom stereocenters. The highest BCUT2D eigenvalue weighted by Gasteiger charge is 2.27. The van der Waals surface area contributed by atoms with Crippen molar-refractivity contribution in [3.05, 3.63) is 23.7 Å². The van der Waals surface area contributed by atoms with Gasteiger partial charge in [0.05, 0.1) is 0 Å². The highest BCUT2D eigenvalue weighted by molar-refractivity contribution is 5.91. The quantitative estimate of drug-likeness (QED) is 0.889. The molecule has 0 saturated heterocycles. The van der Waals surface area contributed by atoms with E-state index < -0.39 is 0 Å². The summed E-state index contributed by atoms with van der Waals surface area (Å²) in [5.41, 5.74) is 5.59. The molecule has 1 saturated carbocycles. The number of hydrogen-bond acceptors (Lipinski definition) is 3. The van der Waals surface area contributed by atoms with Crippen molar-refractivity contribution in [3.8, 4) is 0 Å². The summed E-state index contributed by atoms with van der Waals surface area (Å²) in [4.78, 5) is 14.5. The average Bonchev–Trinajstić information content (AvgIpc) is 2.87. The first-order valence-electron chi connectivity index (χ1n) is 7.30. The Kier molecular flexibility index (Phi) is 5.02. The lowest BCUT2D eigenvalue weighted by Crippen LogP contribution is -2.42. The van der Waals surface area contributed by atoms with Crippen molar-refractivity contribution in [1.82, 2.24) is 4.90 Å². The second-order valence-electron chi connectivity index (χ2n) is 5.34. The third kappa shape index (κ3) is 3.60. The molecule has 1 fully saturated rings. The number of aryl methyl sites for hydroxylation is 1. The van der Waals surface area contributed by atoms with Gasteiger partial charge in [0.25, 0.3) is 5.91 Å². The molecule has 0 aromatic carbocycles. The molecule has 0 bridgehead atoms. The van der Waals surface area contributed by atoms with E-state index in [0.29, 0.717) is 18.3 Å². The molecule has 0 radical (unpaired) electrons. The van der Waals surface area contributed by atoms with Crippen molar-refractivity contribution >= 4 is 5.91 Å². The first-order valence-corrected chi connectivity index (χ1v) is 7.30. The summed E-state index contributed by atoms with van der Waals surface area (Å²) in [5.74, 6) is 1.26. The van der Waals surface area contributed by atoms with Crippen molar-refractivity contribution in [3.63, 3.8) is 0 Å². The predicted octanol–water partition coefficient (Wildman–Crippen LogP) is 2.71. The van der Waals surface area contributed by atoms with Crippen molar-refractivity contribution in [2.45, 2.75) is 51.5 Å². The van der Waals surface area contributed by atoms with E-state index in [2.05, 4.69) is 0 Å². The smallest absolute Gasteiger partial charge is 0.289 e. The molecule has 2 rings (SSSR count). The van der Waals surface area contributed by atoms with Gasteiger partial charge in [0.1, 0.15) is 5.76 Å². The van der Waals surface area contributed by atoms with Crippen LogP contribution in [0.3, 0.4) is 0 Å². The van der Waals surface area contributed by atoms with E-state index in [4.69, 9.17) is 10.2 Å². The van der Waals surface area contributed by atoms with E-state index in [1.807, 2.05) is 17.9 Å². The molecule has 1 aliphatic carbocycles. The maximum atomic E-state index is 12.6. The van der Waals surface area contributed by atoms with Crippen LogP contribution < -0.4 is 5.73 Å². The van der Waals surface area contributed by atoms with Crippen LogP contribution in [0.15, 0.2) is 16.5 Å². The number of hydrogen-bond donors (Lipinski definition) is 1. The highest BCUT2D eigenvalue weighted by Crippen LogP contribution is 2.24. The van der Waals surface area contributed by atoms with E-state index in [0.717, 1.165) is 31.6 Å².